The molecule has 2 heteroatoms. The summed E-state index contributed by atoms with van der Waals surface area (Å²) in [6.45, 7) is 16.9. The van der Waals surface area contributed by atoms with Crippen LogP contribution >= 0.6 is 0 Å². The van der Waals surface area contributed by atoms with Gasteiger partial charge in [-0.05, 0) is 78.6 Å². The van der Waals surface area contributed by atoms with Crippen LogP contribution in [0, 0.1) is 11.2 Å². The van der Waals surface area contributed by atoms with Gasteiger partial charge in [0, 0.05) is 5.56 Å². The van der Waals surface area contributed by atoms with E-state index in [-0.39, 0.29) is 5.82 Å². The molecule has 1 nitrogen and oxygen atoms in total. The van der Waals surface area contributed by atoms with Gasteiger partial charge in [0.2, 0.25) is 0 Å². The molecule has 0 unspecified atom stereocenters. The first-order chi connectivity index (χ1) is 13.1. The normalized spacial score (nSPS) is 12.9. The van der Waals surface area contributed by atoms with Crippen LogP contribution in [0.1, 0.15) is 82.6 Å². The van der Waals surface area contributed by atoms with Gasteiger partial charge in [0.25, 0.3) is 0 Å². The van der Waals surface area contributed by atoms with Gasteiger partial charge in [-0.25, -0.2) is 4.39 Å². The fourth-order valence-corrected chi connectivity index (χ4v) is 3.59. The van der Waals surface area contributed by atoms with Crippen molar-refractivity contribution < 1.29 is 4.39 Å². The molecule has 0 aromatic heterocycles. The monoisotopic (exact) mass is 379 g/mol. The highest BCUT2D eigenvalue weighted by Crippen LogP contribution is 2.33. The zero-order valence-corrected chi connectivity index (χ0v) is 18.3. The molecular weight excluding hydrogens is 345 g/mol. The maximum Gasteiger partial charge on any atom is 0.124 e. The highest BCUT2D eigenvalue weighted by Gasteiger charge is 2.14. The Morgan fingerprint density at radius 2 is 1.79 bits per heavy atom. The van der Waals surface area contributed by atoms with Gasteiger partial charge in [-0.2, -0.15) is 0 Å². The number of hydrogen-bond donors (Lipinski definition) is 0. The zero-order chi connectivity index (χ0) is 20.9. The Morgan fingerprint density at radius 1 is 1.11 bits per heavy atom. The summed E-state index contributed by atoms with van der Waals surface area (Å²) in [7, 11) is 0. The highest BCUT2D eigenvalue weighted by atomic mass is 19.1. The minimum Gasteiger partial charge on any atom is -0.264 e. The van der Waals surface area contributed by atoms with Gasteiger partial charge in [-0.1, -0.05) is 65.0 Å². The Kier molecular flexibility index (Phi) is 7.35. The number of benzene rings is 2. The van der Waals surface area contributed by atoms with Crippen molar-refractivity contribution in [2.24, 2.45) is 10.4 Å². The van der Waals surface area contributed by atoms with Crippen LogP contribution in [-0.2, 0) is 6.42 Å². The maximum absolute atomic E-state index is 14.4. The molecule has 0 fully saturated rings. The summed E-state index contributed by atoms with van der Waals surface area (Å²) < 4.78 is 14.4. The number of allylic oxidation sites excluding steroid dienone is 1. The topological polar surface area (TPSA) is 12.4 Å². The summed E-state index contributed by atoms with van der Waals surface area (Å²) in [4.78, 5) is 4.34. The lowest BCUT2D eigenvalue weighted by Crippen LogP contribution is -2.05. The van der Waals surface area contributed by atoms with E-state index < -0.39 is 0 Å². The summed E-state index contributed by atoms with van der Waals surface area (Å²) in [6, 6.07) is 13.6. The lowest BCUT2D eigenvalue weighted by Gasteiger charge is -2.18. The maximum atomic E-state index is 14.4. The van der Waals surface area contributed by atoms with Gasteiger partial charge >= 0.3 is 0 Å². The second kappa shape index (κ2) is 9.32. The van der Waals surface area contributed by atoms with E-state index in [1.807, 2.05) is 19.1 Å². The number of aryl methyl sites for hydroxylation is 1. The molecule has 2 rings (SSSR count). The summed E-state index contributed by atoms with van der Waals surface area (Å²) in [5, 5.41) is 0. The number of aliphatic imine (C=N–C) groups is 1. The standard InChI is InChI=1S/C26H34FN/c1-18(2)23-12-8-9-13-24(23)25(28-7)19(3)21-15-20(16-22(27)17-21)11-10-14-26(4,5)6/h8-9,12-13,15-18H,7,10-11,14H2,1-6H3/b25-19+. The molecule has 0 N–H and O–H groups in total. The van der Waals surface area contributed by atoms with Crippen LogP contribution in [0.2, 0.25) is 0 Å². The molecule has 2 aromatic rings. The van der Waals surface area contributed by atoms with Crippen LogP contribution in [0.25, 0.3) is 11.3 Å². The molecule has 0 radical (unpaired) electrons. The highest BCUT2D eigenvalue weighted by molar-refractivity contribution is 5.91. The van der Waals surface area contributed by atoms with Gasteiger partial charge in [-0.15, -0.1) is 0 Å². The molecule has 0 saturated carbocycles. The van der Waals surface area contributed by atoms with Gasteiger partial charge in [-0.3, -0.25) is 4.99 Å². The Hall–Kier alpha value is -2.22. The van der Waals surface area contributed by atoms with Crippen LogP contribution in [0.5, 0.6) is 0 Å². The predicted molar refractivity (Wildman–Crippen MR) is 121 cm³/mol. The minimum atomic E-state index is -0.192. The van der Waals surface area contributed by atoms with E-state index in [9.17, 15) is 4.39 Å². The van der Waals surface area contributed by atoms with Crippen molar-refractivity contribution in [2.75, 3.05) is 0 Å². The molecule has 0 aliphatic carbocycles. The quantitative estimate of drug-likeness (QED) is 0.342. The van der Waals surface area contributed by atoms with E-state index in [2.05, 4.69) is 64.5 Å². The third-order valence-electron chi connectivity index (χ3n) is 5.13. The van der Waals surface area contributed by atoms with Crippen molar-refractivity contribution in [1.82, 2.24) is 0 Å². The molecule has 0 aliphatic rings. The molecule has 0 aliphatic heterocycles. The number of halogens is 1. The molecule has 0 atom stereocenters. The SMILES string of the molecule is C=N/C(=C(\C)c1cc(F)cc(CCCC(C)(C)C)c1)c1ccccc1C(C)C. The molecule has 150 valence electrons. The summed E-state index contributed by atoms with van der Waals surface area (Å²) in [5.74, 6) is 0.185. The number of rotatable bonds is 7. The van der Waals surface area contributed by atoms with Crippen molar-refractivity contribution in [3.8, 4) is 0 Å². The van der Waals surface area contributed by atoms with Crippen LogP contribution in [0.3, 0.4) is 0 Å². The fourth-order valence-electron chi connectivity index (χ4n) is 3.59. The fraction of sp³-hybridized carbons (Fsp3) is 0.423. The second-order valence-electron chi connectivity index (χ2n) is 9.14. The smallest absolute Gasteiger partial charge is 0.124 e. The van der Waals surface area contributed by atoms with Crippen molar-refractivity contribution in [3.63, 3.8) is 0 Å². The molecule has 0 heterocycles. The van der Waals surface area contributed by atoms with Crippen molar-refractivity contribution in [1.29, 1.82) is 0 Å². The molecular formula is C26H34FN. The summed E-state index contributed by atoms with van der Waals surface area (Å²) >= 11 is 0. The zero-order valence-electron chi connectivity index (χ0n) is 18.3. The minimum absolute atomic E-state index is 0.192. The Morgan fingerprint density at radius 3 is 2.39 bits per heavy atom. The van der Waals surface area contributed by atoms with Crippen LogP contribution < -0.4 is 0 Å². The number of hydrogen-bond acceptors (Lipinski definition) is 1. The van der Waals surface area contributed by atoms with E-state index in [4.69, 9.17) is 0 Å². The van der Waals surface area contributed by atoms with Crippen molar-refractivity contribution in [2.45, 2.75) is 66.7 Å². The van der Waals surface area contributed by atoms with Crippen LogP contribution in [-0.4, -0.2) is 6.72 Å². The molecule has 0 bridgehead atoms. The largest absolute Gasteiger partial charge is 0.264 e. The average molecular weight is 380 g/mol. The van der Waals surface area contributed by atoms with Crippen LogP contribution in [0.4, 0.5) is 4.39 Å². The molecule has 28 heavy (non-hydrogen) atoms. The first-order valence-corrected chi connectivity index (χ1v) is 10.2. The van der Waals surface area contributed by atoms with Gasteiger partial charge in [0.05, 0.1) is 5.70 Å². The van der Waals surface area contributed by atoms with E-state index in [1.165, 1.54) is 5.56 Å². The van der Waals surface area contributed by atoms with Crippen molar-refractivity contribution in [3.05, 3.63) is 70.5 Å². The van der Waals surface area contributed by atoms with Gasteiger partial charge < -0.3 is 0 Å². The molecule has 0 saturated heterocycles. The summed E-state index contributed by atoms with van der Waals surface area (Å²) in [6.07, 6.45) is 3.06. The van der Waals surface area contributed by atoms with Gasteiger partial charge in [0.1, 0.15) is 5.82 Å². The Balaban J connectivity index is 2.43. The second-order valence-corrected chi connectivity index (χ2v) is 9.14. The first-order valence-electron chi connectivity index (χ1n) is 10.2. The van der Waals surface area contributed by atoms with E-state index >= 15 is 0 Å². The Bertz CT molecular complexity index is 853. The molecule has 0 amide bonds. The van der Waals surface area contributed by atoms with E-state index in [0.717, 1.165) is 47.2 Å². The van der Waals surface area contributed by atoms with E-state index in [1.54, 1.807) is 12.1 Å². The predicted octanol–water partition coefficient (Wildman–Crippen LogP) is 7.91. The first kappa shape index (κ1) is 22.1. The third-order valence-corrected chi connectivity index (χ3v) is 5.13. The van der Waals surface area contributed by atoms with Crippen LogP contribution in [0.15, 0.2) is 47.5 Å². The number of nitrogens with zero attached hydrogens (tertiary/aromatic N) is 1. The van der Waals surface area contributed by atoms with Crippen molar-refractivity contribution >= 4 is 18.0 Å². The lowest BCUT2D eigenvalue weighted by atomic mass is 9.88. The molecule has 2 aromatic carbocycles. The van der Waals surface area contributed by atoms with E-state index in [0.29, 0.717) is 11.3 Å². The lowest BCUT2D eigenvalue weighted by molar-refractivity contribution is 0.365. The third kappa shape index (κ3) is 5.89. The van der Waals surface area contributed by atoms with Gasteiger partial charge in [0.15, 0.2) is 0 Å². The summed E-state index contributed by atoms with van der Waals surface area (Å²) in [5.41, 5.74) is 6.31. The average Bonchev–Trinajstić information content (AvgIpc) is 2.61. The Labute approximate surface area is 170 Å². The molecule has 0 spiro atoms.